The first-order chi connectivity index (χ1) is 19.8. The second-order valence-corrected chi connectivity index (χ2v) is 10.5. The van der Waals surface area contributed by atoms with Crippen LogP contribution >= 0.6 is 0 Å². The van der Waals surface area contributed by atoms with Crippen molar-refractivity contribution in [3.05, 3.63) is 133 Å². The van der Waals surface area contributed by atoms with Crippen molar-refractivity contribution in [2.45, 2.75) is 0 Å². The van der Waals surface area contributed by atoms with Crippen molar-refractivity contribution < 1.29 is 8.83 Å². The first kappa shape index (κ1) is 21.6. The Balaban J connectivity index is 1.35. The first-order valence-corrected chi connectivity index (χ1v) is 13.6. The first-order valence-electron chi connectivity index (χ1n) is 13.6. The van der Waals surface area contributed by atoms with Crippen molar-refractivity contribution in [1.82, 2.24) is 0 Å². The van der Waals surface area contributed by atoms with Crippen LogP contribution in [0.2, 0.25) is 0 Å². The number of furan rings is 2. The van der Waals surface area contributed by atoms with Crippen molar-refractivity contribution in [2.24, 2.45) is 0 Å². The normalized spacial score (nSPS) is 12.0. The molecule has 0 spiro atoms. The van der Waals surface area contributed by atoms with E-state index in [1.54, 1.807) is 0 Å². The van der Waals surface area contributed by atoms with Crippen LogP contribution in [0.15, 0.2) is 142 Å². The van der Waals surface area contributed by atoms with Gasteiger partial charge >= 0.3 is 0 Å². The van der Waals surface area contributed by atoms with E-state index in [0.717, 1.165) is 49.8 Å². The number of benzene rings is 7. The topological polar surface area (TPSA) is 26.3 Å². The average Bonchev–Trinajstić information content (AvgIpc) is 3.58. The van der Waals surface area contributed by atoms with Crippen molar-refractivity contribution in [1.29, 1.82) is 0 Å². The van der Waals surface area contributed by atoms with E-state index >= 15 is 0 Å². The second-order valence-electron chi connectivity index (χ2n) is 10.5. The fraction of sp³-hybridized carbons (Fsp3) is 0. The van der Waals surface area contributed by atoms with Gasteiger partial charge in [0.25, 0.3) is 0 Å². The lowest BCUT2D eigenvalue weighted by molar-refractivity contribution is 0.633. The SMILES string of the molecule is c1ccc2cc3oc(-c4c5ccccc5c(-c5ccc6c(c5)oc5ccccc56)c5ccccc45)cc3cc2c1. The molecule has 0 N–H and O–H groups in total. The van der Waals surface area contributed by atoms with Gasteiger partial charge in [-0.15, -0.1) is 0 Å². The Morgan fingerprint density at radius 1 is 0.325 bits per heavy atom. The van der Waals surface area contributed by atoms with Gasteiger partial charge in [-0.3, -0.25) is 0 Å². The average molecular weight is 511 g/mol. The van der Waals surface area contributed by atoms with Crippen LogP contribution in [0.4, 0.5) is 0 Å². The molecule has 0 saturated carbocycles. The van der Waals surface area contributed by atoms with Gasteiger partial charge in [0, 0.05) is 21.7 Å². The van der Waals surface area contributed by atoms with Gasteiger partial charge in [-0.25, -0.2) is 0 Å². The summed E-state index contributed by atoms with van der Waals surface area (Å²) in [5, 5.41) is 10.5. The van der Waals surface area contributed by atoms with E-state index < -0.39 is 0 Å². The Labute approximate surface area is 229 Å². The Morgan fingerprint density at radius 2 is 0.900 bits per heavy atom. The molecule has 2 aromatic heterocycles. The van der Waals surface area contributed by atoms with E-state index in [4.69, 9.17) is 8.83 Å². The maximum absolute atomic E-state index is 6.60. The van der Waals surface area contributed by atoms with E-state index in [-0.39, 0.29) is 0 Å². The van der Waals surface area contributed by atoms with E-state index in [2.05, 4.69) is 121 Å². The maximum atomic E-state index is 6.60. The van der Waals surface area contributed by atoms with Crippen LogP contribution in [0.25, 0.3) is 87.7 Å². The highest BCUT2D eigenvalue weighted by Gasteiger charge is 2.20. The largest absolute Gasteiger partial charge is 0.456 e. The van der Waals surface area contributed by atoms with Crippen LogP contribution in [-0.2, 0) is 0 Å². The molecule has 0 atom stereocenters. The van der Waals surface area contributed by atoms with Crippen molar-refractivity contribution in [3.8, 4) is 22.5 Å². The zero-order valence-electron chi connectivity index (χ0n) is 21.5. The molecule has 9 aromatic rings. The monoisotopic (exact) mass is 510 g/mol. The minimum Gasteiger partial charge on any atom is -0.456 e. The summed E-state index contributed by atoms with van der Waals surface area (Å²) in [6.07, 6.45) is 0. The number of fused-ring (bicyclic) bond motifs is 7. The third-order valence-electron chi connectivity index (χ3n) is 8.23. The lowest BCUT2D eigenvalue weighted by Crippen LogP contribution is -1.89. The molecule has 0 fully saturated rings. The minimum absolute atomic E-state index is 0.886. The molecule has 0 saturated heterocycles. The fourth-order valence-electron chi connectivity index (χ4n) is 6.44. The van der Waals surface area contributed by atoms with Crippen LogP contribution in [0.5, 0.6) is 0 Å². The highest BCUT2D eigenvalue weighted by Crippen LogP contribution is 2.45. The molecular weight excluding hydrogens is 488 g/mol. The van der Waals surface area contributed by atoms with Gasteiger partial charge in [-0.05, 0) is 79.8 Å². The molecule has 0 amide bonds. The summed E-state index contributed by atoms with van der Waals surface area (Å²) in [5.74, 6) is 0.886. The number of para-hydroxylation sites is 1. The lowest BCUT2D eigenvalue weighted by Gasteiger charge is -2.16. The molecule has 0 aliphatic carbocycles. The molecule has 40 heavy (non-hydrogen) atoms. The van der Waals surface area contributed by atoms with E-state index in [1.165, 1.54) is 37.9 Å². The maximum Gasteiger partial charge on any atom is 0.136 e. The molecule has 0 radical (unpaired) electrons. The molecule has 0 bridgehead atoms. The summed E-state index contributed by atoms with van der Waals surface area (Å²) in [7, 11) is 0. The molecule has 0 aliphatic heterocycles. The Bertz CT molecular complexity index is 2260. The lowest BCUT2D eigenvalue weighted by atomic mass is 9.87. The van der Waals surface area contributed by atoms with Gasteiger partial charge in [-0.1, -0.05) is 97.1 Å². The van der Waals surface area contributed by atoms with E-state index in [0.29, 0.717) is 0 Å². The van der Waals surface area contributed by atoms with Crippen molar-refractivity contribution in [3.63, 3.8) is 0 Å². The summed E-state index contributed by atoms with van der Waals surface area (Å²) < 4.78 is 12.9. The Morgan fingerprint density at radius 3 is 1.62 bits per heavy atom. The van der Waals surface area contributed by atoms with Crippen LogP contribution in [0.3, 0.4) is 0 Å². The quantitative estimate of drug-likeness (QED) is 0.216. The molecule has 9 rings (SSSR count). The highest BCUT2D eigenvalue weighted by atomic mass is 16.3. The summed E-state index contributed by atoms with van der Waals surface area (Å²) in [6, 6.07) is 47.2. The van der Waals surface area contributed by atoms with Gasteiger partial charge in [0.05, 0.1) is 0 Å². The van der Waals surface area contributed by atoms with Crippen LogP contribution < -0.4 is 0 Å². The molecule has 186 valence electrons. The molecule has 2 heteroatoms. The van der Waals surface area contributed by atoms with Crippen LogP contribution in [0, 0.1) is 0 Å². The van der Waals surface area contributed by atoms with Crippen LogP contribution in [-0.4, -0.2) is 0 Å². The smallest absolute Gasteiger partial charge is 0.136 e. The predicted molar refractivity (Wildman–Crippen MR) is 167 cm³/mol. The number of rotatable bonds is 2. The van der Waals surface area contributed by atoms with Gasteiger partial charge < -0.3 is 8.83 Å². The molecule has 0 unspecified atom stereocenters. The van der Waals surface area contributed by atoms with Crippen molar-refractivity contribution >= 4 is 65.2 Å². The molecule has 0 aliphatic rings. The zero-order valence-corrected chi connectivity index (χ0v) is 21.5. The van der Waals surface area contributed by atoms with Gasteiger partial charge in [0.15, 0.2) is 0 Å². The summed E-state index contributed by atoms with van der Waals surface area (Å²) in [4.78, 5) is 0. The van der Waals surface area contributed by atoms with Crippen molar-refractivity contribution in [2.75, 3.05) is 0 Å². The van der Waals surface area contributed by atoms with Gasteiger partial charge in [0.2, 0.25) is 0 Å². The van der Waals surface area contributed by atoms with E-state index in [9.17, 15) is 0 Å². The Hall–Kier alpha value is -5.34. The highest BCUT2D eigenvalue weighted by molar-refractivity contribution is 6.22. The molecule has 7 aromatic carbocycles. The number of hydrogen-bond acceptors (Lipinski definition) is 2. The second kappa shape index (κ2) is 8.08. The zero-order chi connectivity index (χ0) is 26.2. The Kier molecular flexibility index (Phi) is 4.36. The molecule has 2 heterocycles. The summed E-state index contributed by atoms with van der Waals surface area (Å²) >= 11 is 0. The van der Waals surface area contributed by atoms with Gasteiger partial charge in [-0.2, -0.15) is 0 Å². The molecule has 2 nitrogen and oxygen atoms in total. The summed E-state index contributed by atoms with van der Waals surface area (Å²) in [6.45, 7) is 0. The summed E-state index contributed by atoms with van der Waals surface area (Å²) in [5.41, 5.74) is 6.19. The predicted octanol–water partition coefficient (Wildman–Crippen LogP) is 11.1. The molecular formula is C38H22O2. The minimum atomic E-state index is 0.886. The third kappa shape index (κ3) is 3.05. The third-order valence-corrected chi connectivity index (χ3v) is 8.23. The van der Waals surface area contributed by atoms with E-state index in [1.807, 2.05) is 12.1 Å². The standard InChI is InChI=1S/C38H22O2/c1-2-10-24-20-34-26(19-23(24)9-1)22-36(40-34)38-31-14-5-3-12-29(31)37(30-13-4-6-15-32(30)38)25-17-18-28-27-11-7-8-16-33(27)39-35(28)21-25/h1-22H. The number of hydrogen-bond donors (Lipinski definition) is 0. The fourth-order valence-corrected chi connectivity index (χ4v) is 6.44. The van der Waals surface area contributed by atoms with Gasteiger partial charge in [0.1, 0.15) is 22.5 Å². The van der Waals surface area contributed by atoms with Crippen LogP contribution in [0.1, 0.15) is 0 Å².